The Labute approximate surface area is 258 Å². The molecule has 1 N–H and O–H groups in total. The number of unbranched alkanes of at least 4 members (excludes halogenated alkanes) is 1. The van der Waals surface area contributed by atoms with Crippen LogP contribution in [0.4, 0.5) is 5.69 Å². The first-order valence-corrected chi connectivity index (χ1v) is 16.5. The molecule has 2 amide bonds. The van der Waals surface area contributed by atoms with Crippen LogP contribution in [0.25, 0.3) is 0 Å². The molecule has 0 aliphatic heterocycles. The molecule has 0 heterocycles. The number of nitrogens with zero attached hydrogens (tertiary/aromatic N) is 2. The van der Waals surface area contributed by atoms with Gasteiger partial charge in [0.05, 0.1) is 17.2 Å². The zero-order valence-electron chi connectivity index (χ0n) is 24.7. The van der Waals surface area contributed by atoms with Crippen LogP contribution in [0, 0.1) is 6.92 Å². The monoisotopic (exact) mass is 657 g/mol. The SMILES string of the molecule is CCCCNC(=O)[C@@H](CC)N(Cc1ccccc1C)C(=O)CN(c1ccc(OCC)cc1)S(=O)(=O)c1ccc(Br)cc1. The standard InChI is InChI=1S/C32H40BrN3O5S/c1-5-8-21-34-32(38)30(6-2)35(22-25-12-10-9-11-24(25)4)31(37)23-36(27-15-17-28(18-16-27)41-7-3)42(39,40)29-19-13-26(33)14-20-29/h9-20,30H,5-8,21-23H2,1-4H3,(H,34,38)/t30-/m1/s1. The summed E-state index contributed by atoms with van der Waals surface area (Å²) in [6.07, 6.45) is 2.12. The molecule has 8 nitrogen and oxygen atoms in total. The van der Waals surface area contributed by atoms with E-state index in [4.69, 9.17) is 4.74 Å². The lowest BCUT2D eigenvalue weighted by molar-refractivity contribution is -0.140. The summed E-state index contributed by atoms with van der Waals surface area (Å²) in [4.78, 5) is 29.1. The maximum absolute atomic E-state index is 14.2. The van der Waals surface area contributed by atoms with Gasteiger partial charge in [-0.2, -0.15) is 0 Å². The molecule has 42 heavy (non-hydrogen) atoms. The van der Waals surface area contributed by atoms with Gasteiger partial charge in [0, 0.05) is 17.6 Å². The van der Waals surface area contributed by atoms with Gasteiger partial charge in [-0.25, -0.2) is 8.42 Å². The van der Waals surface area contributed by atoms with Crippen molar-refractivity contribution in [1.82, 2.24) is 10.2 Å². The molecule has 0 bridgehead atoms. The lowest BCUT2D eigenvalue weighted by Crippen LogP contribution is -2.52. The van der Waals surface area contributed by atoms with E-state index >= 15 is 0 Å². The molecule has 226 valence electrons. The van der Waals surface area contributed by atoms with Gasteiger partial charge >= 0.3 is 0 Å². The van der Waals surface area contributed by atoms with Gasteiger partial charge in [0.25, 0.3) is 10.0 Å². The Morgan fingerprint density at radius 1 is 0.952 bits per heavy atom. The van der Waals surface area contributed by atoms with E-state index in [1.54, 1.807) is 36.4 Å². The van der Waals surface area contributed by atoms with Crippen LogP contribution in [0.15, 0.2) is 82.2 Å². The van der Waals surface area contributed by atoms with Gasteiger partial charge in [-0.1, -0.05) is 60.5 Å². The first-order valence-electron chi connectivity index (χ1n) is 14.2. The topological polar surface area (TPSA) is 96.0 Å². The van der Waals surface area contributed by atoms with Crippen LogP contribution in [-0.4, -0.2) is 50.9 Å². The number of benzene rings is 3. The first kappa shape index (κ1) is 33.1. The van der Waals surface area contributed by atoms with Crippen LogP contribution in [0.1, 0.15) is 51.2 Å². The van der Waals surface area contributed by atoms with Crippen molar-refractivity contribution in [3.05, 3.63) is 88.4 Å². The number of carbonyl (C=O) groups excluding carboxylic acids is 2. The van der Waals surface area contributed by atoms with Gasteiger partial charge in [-0.3, -0.25) is 13.9 Å². The predicted molar refractivity (Wildman–Crippen MR) is 170 cm³/mol. The third-order valence-electron chi connectivity index (χ3n) is 6.93. The number of nitrogens with one attached hydrogen (secondary N) is 1. The number of halogens is 1. The summed E-state index contributed by atoms with van der Waals surface area (Å²) in [5, 5.41) is 2.95. The minimum Gasteiger partial charge on any atom is -0.494 e. The molecule has 0 fully saturated rings. The largest absolute Gasteiger partial charge is 0.494 e. The quantitative estimate of drug-likeness (QED) is 0.200. The zero-order chi connectivity index (χ0) is 30.7. The van der Waals surface area contributed by atoms with Crippen LogP contribution in [0.3, 0.4) is 0 Å². The number of rotatable bonds is 15. The van der Waals surface area contributed by atoms with Gasteiger partial charge in [0.1, 0.15) is 18.3 Å². The molecule has 0 aromatic heterocycles. The highest BCUT2D eigenvalue weighted by atomic mass is 79.9. The molecular weight excluding hydrogens is 618 g/mol. The number of ether oxygens (including phenoxy) is 1. The Morgan fingerprint density at radius 3 is 2.21 bits per heavy atom. The van der Waals surface area contributed by atoms with Crippen LogP contribution >= 0.6 is 15.9 Å². The Bertz CT molecular complexity index is 1430. The lowest BCUT2D eigenvalue weighted by Gasteiger charge is -2.33. The van der Waals surface area contributed by atoms with Crippen LogP contribution < -0.4 is 14.4 Å². The Kier molecular flexibility index (Phi) is 12.4. The fourth-order valence-corrected chi connectivity index (χ4v) is 6.21. The molecule has 0 unspecified atom stereocenters. The molecule has 0 aliphatic carbocycles. The van der Waals surface area contributed by atoms with Gasteiger partial charge in [0.2, 0.25) is 11.8 Å². The van der Waals surface area contributed by atoms with Crippen molar-refractivity contribution in [2.75, 3.05) is 24.0 Å². The third-order valence-corrected chi connectivity index (χ3v) is 9.25. The minimum atomic E-state index is -4.15. The summed E-state index contributed by atoms with van der Waals surface area (Å²) in [5.41, 5.74) is 2.17. The number of carbonyl (C=O) groups is 2. The highest BCUT2D eigenvalue weighted by Gasteiger charge is 2.33. The van der Waals surface area contributed by atoms with Crippen molar-refractivity contribution in [3.63, 3.8) is 0 Å². The lowest BCUT2D eigenvalue weighted by atomic mass is 10.1. The summed E-state index contributed by atoms with van der Waals surface area (Å²) < 4.78 is 35.4. The van der Waals surface area contributed by atoms with E-state index in [2.05, 4.69) is 21.2 Å². The summed E-state index contributed by atoms with van der Waals surface area (Å²) in [6.45, 7) is 8.36. The molecule has 0 aliphatic rings. The molecule has 0 saturated heterocycles. The smallest absolute Gasteiger partial charge is 0.264 e. The van der Waals surface area contributed by atoms with E-state index in [1.807, 2.05) is 52.0 Å². The first-order chi connectivity index (χ1) is 20.1. The normalized spacial score (nSPS) is 11.9. The zero-order valence-corrected chi connectivity index (χ0v) is 27.1. The second kappa shape index (κ2) is 15.7. The Hall–Kier alpha value is -3.37. The van der Waals surface area contributed by atoms with Crippen molar-refractivity contribution < 1.29 is 22.7 Å². The molecule has 10 heteroatoms. The maximum atomic E-state index is 14.2. The fraction of sp³-hybridized carbons (Fsp3) is 0.375. The molecule has 1 atom stereocenters. The summed E-state index contributed by atoms with van der Waals surface area (Å²) in [5.74, 6) is -0.147. The molecular formula is C32H40BrN3O5S. The Balaban J connectivity index is 2.05. The molecule has 0 spiro atoms. The van der Waals surface area contributed by atoms with E-state index in [0.29, 0.717) is 31.0 Å². The van der Waals surface area contributed by atoms with Crippen LogP contribution in [0.2, 0.25) is 0 Å². The number of hydrogen-bond acceptors (Lipinski definition) is 5. The van der Waals surface area contributed by atoms with Crippen LogP contribution in [0.5, 0.6) is 5.75 Å². The van der Waals surface area contributed by atoms with Crippen molar-refractivity contribution in [2.45, 2.75) is 64.4 Å². The highest BCUT2D eigenvalue weighted by Crippen LogP contribution is 2.28. The number of sulfonamides is 1. The average Bonchev–Trinajstić information content (AvgIpc) is 2.97. The number of anilines is 1. The van der Waals surface area contributed by atoms with Gasteiger partial charge in [-0.15, -0.1) is 0 Å². The average molecular weight is 659 g/mol. The third kappa shape index (κ3) is 8.58. The number of aryl methyl sites for hydroxylation is 1. The van der Waals surface area contributed by atoms with Crippen molar-refractivity contribution in [1.29, 1.82) is 0 Å². The molecule has 3 rings (SSSR count). The molecule has 0 saturated carbocycles. The summed E-state index contributed by atoms with van der Waals surface area (Å²) in [7, 11) is -4.15. The van der Waals surface area contributed by atoms with Crippen molar-refractivity contribution in [2.24, 2.45) is 0 Å². The minimum absolute atomic E-state index is 0.0437. The summed E-state index contributed by atoms with van der Waals surface area (Å²) >= 11 is 3.35. The van der Waals surface area contributed by atoms with E-state index in [9.17, 15) is 18.0 Å². The number of hydrogen-bond donors (Lipinski definition) is 1. The van der Waals surface area contributed by atoms with Gasteiger partial charge in [0.15, 0.2) is 0 Å². The number of amides is 2. The molecule has 3 aromatic carbocycles. The van der Waals surface area contributed by atoms with Gasteiger partial charge < -0.3 is 15.0 Å². The van der Waals surface area contributed by atoms with E-state index in [0.717, 1.165) is 32.7 Å². The van der Waals surface area contributed by atoms with E-state index in [1.165, 1.54) is 17.0 Å². The Morgan fingerprint density at radius 2 is 1.62 bits per heavy atom. The molecule has 3 aromatic rings. The second-order valence-electron chi connectivity index (χ2n) is 9.91. The second-order valence-corrected chi connectivity index (χ2v) is 12.7. The van der Waals surface area contributed by atoms with Crippen molar-refractivity contribution >= 4 is 43.5 Å². The molecule has 0 radical (unpaired) electrons. The fourth-order valence-electron chi connectivity index (χ4n) is 4.53. The summed E-state index contributed by atoms with van der Waals surface area (Å²) in [6, 6.07) is 19.8. The van der Waals surface area contributed by atoms with Gasteiger partial charge in [-0.05, 0) is 86.3 Å². The van der Waals surface area contributed by atoms with Crippen molar-refractivity contribution in [3.8, 4) is 5.75 Å². The van der Waals surface area contributed by atoms with E-state index in [-0.39, 0.29) is 17.3 Å². The predicted octanol–water partition coefficient (Wildman–Crippen LogP) is 6.08. The highest BCUT2D eigenvalue weighted by molar-refractivity contribution is 9.10. The van der Waals surface area contributed by atoms with E-state index < -0.39 is 28.5 Å². The maximum Gasteiger partial charge on any atom is 0.264 e. The van der Waals surface area contributed by atoms with Crippen LogP contribution in [-0.2, 0) is 26.2 Å².